The van der Waals surface area contributed by atoms with Crippen LogP contribution in [0.5, 0.6) is 11.6 Å². The number of benzene rings is 1. The maximum Gasteiger partial charge on any atom is 0.256 e. The Bertz CT molecular complexity index is 544. The minimum atomic E-state index is 0.351. The Hall–Kier alpha value is -2.30. The molecule has 94 valence electrons. The minimum absolute atomic E-state index is 0.351. The number of nitrogens with two attached hydrogens (primary N) is 1. The third-order valence-electron chi connectivity index (χ3n) is 2.55. The van der Waals surface area contributed by atoms with E-state index < -0.39 is 0 Å². The fraction of sp³-hybridized carbons (Fsp3) is 0.231. The van der Waals surface area contributed by atoms with Crippen LogP contribution in [0, 0.1) is 0 Å². The van der Waals surface area contributed by atoms with Crippen molar-refractivity contribution in [3.05, 3.63) is 41.6 Å². The van der Waals surface area contributed by atoms with E-state index in [1.165, 1.54) is 7.11 Å². The van der Waals surface area contributed by atoms with Crippen LogP contribution in [-0.2, 0) is 6.42 Å². The molecular formula is C13H15N3O2. The number of hydrogen-bond acceptors (Lipinski definition) is 5. The summed E-state index contributed by atoms with van der Waals surface area (Å²) in [4.78, 5) is 0. The van der Waals surface area contributed by atoms with Gasteiger partial charge in [0.15, 0.2) is 0 Å². The van der Waals surface area contributed by atoms with E-state index in [0.717, 1.165) is 17.0 Å². The van der Waals surface area contributed by atoms with Crippen molar-refractivity contribution in [2.24, 2.45) is 0 Å². The monoisotopic (exact) mass is 245 g/mol. The first-order valence-corrected chi connectivity index (χ1v) is 5.52. The van der Waals surface area contributed by atoms with Crippen LogP contribution in [0.25, 0.3) is 0 Å². The van der Waals surface area contributed by atoms with Gasteiger partial charge in [0.05, 0.1) is 25.6 Å². The summed E-state index contributed by atoms with van der Waals surface area (Å²) in [5.41, 5.74) is 8.16. The molecule has 5 heteroatoms. The molecule has 0 atom stereocenters. The van der Waals surface area contributed by atoms with Crippen LogP contribution in [0.3, 0.4) is 0 Å². The highest BCUT2D eigenvalue weighted by Gasteiger charge is 2.05. The number of ether oxygens (including phenoxy) is 2. The summed E-state index contributed by atoms with van der Waals surface area (Å²) >= 11 is 0. The molecule has 0 aliphatic rings. The first-order valence-electron chi connectivity index (χ1n) is 5.52. The Morgan fingerprint density at radius 3 is 2.61 bits per heavy atom. The minimum Gasteiger partial charge on any atom is -0.497 e. The Balaban J connectivity index is 2.20. The van der Waals surface area contributed by atoms with Gasteiger partial charge >= 0.3 is 0 Å². The lowest BCUT2D eigenvalue weighted by atomic mass is 10.1. The topological polar surface area (TPSA) is 70.3 Å². The summed E-state index contributed by atoms with van der Waals surface area (Å²) < 4.78 is 10.1. The molecule has 0 fully saturated rings. The normalized spacial score (nSPS) is 10.1. The second-order valence-electron chi connectivity index (χ2n) is 3.83. The molecule has 18 heavy (non-hydrogen) atoms. The van der Waals surface area contributed by atoms with Crippen LogP contribution in [0.2, 0.25) is 0 Å². The van der Waals surface area contributed by atoms with Crippen molar-refractivity contribution in [3.63, 3.8) is 0 Å². The summed E-state index contributed by atoms with van der Waals surface area (Å²) in [7, 11) is 3.16. The van der Waals surface area contributed by atoms with Gasteiger partial charge < -0.3 is 15.2 Å². The third kappa shape index (κ3) is 2.68. The van der Waals surface area contributed by atoms with E-state index >= 15 is 0 Å². The van der Waals surface area contributed by atoms with E-state index in [0.29, 0.717) is 18.0 Å². The van der Waals surface area contributed by atoms with Crippen LogP contribution >= 0.6 is 0 Å². The largest absolute Gasteiger partial charge is 0.497 e. The van der Waals surface area contributed by atoms with Gasteiger partial charge in [0, 0.05) is 6.42 Å². The van der Waals surface area contributed by atoms with Gasteiger partial charge in [0.25, 0.3) is 5.88 Å². The van der Waals surface area contributed by atoms with Gasteiger partial charge in [-0.3, -0.25) is 0 Å². The van der Waals surface area contributed by atoms with Crippen molar-refractivity contribution in [1.29, 1.82) is 0 Å². The van der Waals surface area contributed by atoms with Crippen molar-refractivity contribution in [3.8, 4) is 11.6 Å². The highest BCUT2D eigenvalue weighted by atomic mass is 16.5. The molecule has 2 N–H and O–H groups in total. The predicted octanol–water partition coefficient (Wildman–Crippen LogP) is 1.67. The zero-order chi connectivity index (χ0) is 13.0. The van der Waals surface area contributed by atoms with Crippen molar-refractivity contribution in [2.45, 2.75) is 6.42 Å². The molecule has 0 bridgehead atoms. The van der Waals surface area contributed by atoms with Gasteiger partial charge in [-0.2, -0.15) is 5.10 Å². The van der Waals surface area contributed by atoms with Gasteiger partial charge in [-0.25, -0.2) is 0 Å². The maximum absolute atomic E-state index is 5.79. The average molecular weight is 245 g/mol. The molecule has 5 nitrogen and oxygen atoms in total. The van der Waals surface area contributed by atoms with Gasteiger partial charge in [-0.1, -0.05) is 12.1 Å². The molecule has 0 unspecified atom stereocenters. The van der Waals surface area contributed by atoms with E-state index in [1.807, 2.05) is 24.3 Å². The fourth-order valence-corrected chi connectivity index (χ4v) is 1.67. The zero-order valence-electron chi connectivity index (χ0n) is 10.4. The summed E-state index contributed by atoms with van der Waals surface area (Å²) in [6.07, 6.45) is 0.651. The first kappa shape index (κ1) is 12.2. The Kier molecular flexibility index (Phi) is 3.62. The Labute approximate surface area is 106 Å². The molecular weight excluding hydrogens is 230 g/mol. The number of methoxy groups -OCH3 is 2. The van der Waals surface area contributed by atoms with Crippen molar-refractivity contribution in [2.75, 3.05) is 20.0 Å². The van der Waals surface area contributed by atoms with E-state index in [4.69, 9.17) is 15.2 Å². The number of aromatic nitrogens is 2. The van der Waals surface area contributed by atoms with Crippen LogP contribution in [0.1, 0.15) is 11.3 Å². The van der Waals surface area contributed by atoms with E-state index in [1.54, 1.807) is 13.2 Å². The molecule has 2 aromatic rings. The molecule has 0 aliphatic heterocycles. The Morgan fingerprint density at radius 2 is 1.94 bits per heavy atom. The van der Waals surface area contributed by atoms with Crippen LogP contribution in [0.4, 0.5) is 5.69 Å². The summed E-state index contributed by atoms with van der Waals surface area (Å²) in [5.74, 6) is 1.17. The molecule has 1 aromatic heterocycles. The molecule has 0 aliphatic carbocycles. The van der Waals surface area contributed by atoms with E-state index in [-0.39, 0.29) is 0 Å². The summed E-state index contributed by atoms with van der Waals surface area (Å²) in [6, 6.07) is 9.57. The van der Waals surface area contributed by atoms with Gasteiger partial charge in [-0.15, -0.1) is 5.10 Å². The van der Waals surface area contributed by atoms with Gasteiger partial charge in [-0.05, 0) is 23.8 Å². The molecule has 0 spiro atoms. The zero-order valence-corrected chi connectivity index (χ0v) is 10.4. The molecule has 1 aromatic carbocycles. The number of anilines is 1. The molecule has 0 radical (unpaired) electrons. The van der Waals surface area contributed by atoms with Crippen LogP contribution in [-0.4, -0.2) is 24.4 Å². The quantitative estimate of drug-likeness (QED) is 0.887. The summed E-state index contributed by atoms with van der Waals surface area (Å²) in [5, 5.41) is 7.97. The maximum atomic E-state index is 5.79. The van der Waals surface area contributed by atoms with Gasteiger partial charge in [0.2, 0.25) is 0 Å². The number of nitrogens with zero attached hydrogens (tertiary/aromatic N) is 2. The second kappa shape index (κ2) is 5.35. The lowest BCUT2D eigenvalue weighted by Gasteiger charge is -2.06. The van der Waals surface area contributed by atoms with Crippen LogP contribution in [0.15, 0.2) is 30.3 Å². The fourth-order valence-electron chi connectivity index (χ4n) is 1.67. The standard InChI is InChI=1S/C13H15N3O2/c1-17-11-5-3-4-9(7-11)6-10-8-12(14)13(18-2)16-15-10/h3-5,7-8H,6H2,1-2H3,(H2,14,15). The van der Waals surface area contributed by atoms with E-state index in [2.05, 4.69) is 10.2 Å². The number of rotatable bonds is 4. The predicted molar refractivity (Wildman–Crippen MR) is 68.8 cm³/mol. The molecule has 0 saturated heterocycles. The molecule has 0 amide bonds. The molecule has 0 saturated carbocycles. The summed E-state index contributed by atoms with van der Waals surface area (Å²) in [6.45, 7) is 0. The first-order chi connectivity index (χ1) is 8.72. The lowest BCUT2D eigenvalue weighted by molar-refractivity contribution is 0.393. The molecule has 2 rings (SSSR count). The lowest BCUT2D eigenvalue weighted by Crippen LogP contribution is -2.01. The highest BCUT2D eigenvalue weighted by Crippen LogP contribution is 2.19. The number of hydrogen-bond donors (Lipinski definition) is 1. The van der Waals surface area contributed by atoms with E-state index in [9.17, 15) is 0 Å². The third-order valence-corrected chi connectivity index (χ3v) is 2.55. The van der Waals surface area contributed by atoms with Gasteiger partial charge in [0.1, 0.15) is 5.75 Å². The van der Waals surface area contributed by atoms with Crippen molar-refractivity contribution in [1.82, 2.24) is 10.2 Å². The second-order valence-corrected chi connectivity index (χ2v) is 3.83. The Morgan fingerprint density at radius 1 is 1.11 bits per heavy atom. The van der Waals surface area contributed by atoms with Crippen LogP contribution < -0.4 is 15.2 Å². The average Bonchev–Trinajstić information content (AvgIpc) is 2.39. The SMILES string of the molecule is COc1cccc(Cc2cc(N)c(OC)nn2)c1. The van der Waals surface area contributed by atoms with Crippen molar-refractivity contribution >= 4 is 5.69 Å². The number of nitrogen functional groups attached to an aromatic ring is 1. The highest BCUT2D eigenvalue weighted by molar-refractivity contribution is 5.48. The smallest absolute Gasteiger partial charge is 0.256 e. The molecule has 1 heterocycles. The van der Waals surface area contributed by atoms with Crippen molar-refractivity contribution < 1.29 is 9.47 Å².